The van der Waals surface area contributed by atoms with Crippen molar-refractivity contribution in [3.8, 4) is 0 Å². The number of phosphoric ester groups is 1. The van der Waals surface area contributed by atoms with E-state index in [0.29, 0.717) is 17.4 Å². The van der Waals surface area contributed by atoms with Crippen LogP contribution >= 0.6 is 7.82 Å². The largest absolute Gasteiger partial charge is 0.472 e. The predicted octanol–water partition coefficient (Wildman–Crippen LogP) is 11.4. The molecule has 8 nitrogen and oxygen atoms in total. The zero-order valence-electron chi connectivity index (χ0n) is 34.1. The SMILES string of the molecule is CCCCCCCCCC/C=C/CC/C=C/C(O)C(COP(=O)(O)OCC[N+](C)(C)C)NC(=O)CCCCCCCCCCCCCCCCC. The van der Waals surface area contributed by atoms with Crippen LogP contribution in [-0.2, 0) is 18.4 Å². The number of hydrogen-bond donors (Lipinski definition) is 3. The Balaban J connectivity index is 4.50. The summed E-state index contributed by atoms with van der Waals surface area (Å²) in [6.07, 6.45) is 39.5. The molecule has 0 aliphatic carbocycles. The van der Waals surface area contributed by atoms with Gasteiger partial charge in [0, 0.05) is 6.42 Å². The Morgan fingerprint density at radius 1 is 0.647 bits per heavy atom. The maximum atomic E-state index is 12.8. The molecular weight excluding hydrogens is 659 g/mol. The minimum Gasteiger partial charge on any atom is -0.387 e. The maximum Gasteiger partial charge on any atom is 0.472 e. The first-order valence-corrected chi connectivity index (χ1v) is 22.7. The van der Waals surface area contributed by atoms with Gasteiger partial charge in [0.1, 0.15) is 13.2 Å². The van der Waals surface area contributed by atoms with Gasteiger partial charge in [-0.25, -0.2) is 4.57 Å². The third kappa shape index (κ3) is 37.1. The van der Waals surface area contributed by atoms with E-state index in [1.807, 2.05) is 27.2 Å². The number of nitrogens with one attached hydrogen (secondary N) is 1. The summed E-state index contributed by atoms with van der Waals surface area (Å²) in [6, 6.07) is -0.856. The number of carbonyl (C=O) groups is 1. The van der Waals surface area contributed by atoms with E-state index < -0.39 is 20.0 Å². The lowest BCUT2D eigenvalue weighted by atomic mass is 10.0. The van der Waals surface area contributed by atoms with Crippen LogP contribution in [0.5, 0.6) is 0 Å². The summed E-state index contributed by atoms with van der Waals surface area (Å²) in [5, 5.41) is 13.8. The van der Waals surface area contributed by atoms with Crippen molar-refractivity contribution in [1.82, 2.24) is 5.32 Å². The summed E-state index contributed by atoms with van der Waals surface area (Å²) in [4.78, 5) is 23.0. The van der Waals surface area contributed by atoms with Gasteiger partial charge < -0.3 is 19.8 Å². The summed E-state index contributed by atoms with van der Waals surface area (Å²) in [7, 11) is 1.56. The summed E-state index contributed by atoms with van der Waals surface area (Å²) < 4.78 is 23.5. The summed E-state index contributed by atoms with van der Waals surface area (Å²) in [5.74, 6) is -0.187. The van der Waals surface area contributed by atoms with Crippen molar-refractivity contribution in [2.75, 3.05) is 40.9 Å². The molecule has 3 N–H and O–H groups in total. The van der Waals surface area contributed by atoms with Crippen LogP contribution in [0.15, 0.2) is 24.3 Å². The number of carbonyl (C=O) groups excluding carboxylic acids is 1. The van der Waals surface area contributed by atoms with Crippen LogP contribution in [0.4, 0.5) is 0 Å². The third-order valence-corrected chi connectivity index (χ3v) is 10.4. The highest BCUT2D eigenvalue weighted by molar-refractivity contribution is 7.47. The Labute approximate surface area is 315 Å². The molecule has 0 saturated carbocycles. The summed E-state index contributed by atoms with van der Waals surface area (Å²) in [6.45, 7) is 4.78. The minimum atomic E-state index is -4.34. The van der Waals surface area contributed by atoms with Gasteiger partial charge in [-0.1, -0.05) is 173 Å². The fourth-order valence-electron chi connectivity index (χ4n) is 6.00. The zero-order valence-corrected chi connectivity index (χ0v) is 35.0. The number of amides is 1. The molecule has 0 fully saturated rings. The highest BCUT2D eigenvalue weighted by Gasteiger charge is 2.27. The third-order valence-electron chi connectivity index (χ3n) is 9.42. The summed E-state index contributed by atoms with van der Waals surface area (Å²) in [5.41, 5.74) is 0. The van der Waals surface area contributed by atoms with E-state index in [2.05, 4.69) is 31.3 Å². The molecular formula is C42H84N2O6P+. The molecule has 0 radical (unpaired) electrons. The van der Waals surface area contributed by atoms with E-state index in [1.54, 1.807) is 6.08 Å². The van der Waals surface area contributed by atoms with Crippen molar-refractivity contribution in [3.05, 3.63) is 24.3 Å². The quantitative estimate of drug-likeness (QED) is 0.0252. The average molecular weight is 744 g/mol. The highest BCUT2D eigenvalue weighted by Crippen LogP contribution is 2.43. The minimum absolute atomic E-state index is 0.0581. The normalized spacial score (nSPS) is 14.7. The van der Waals surface area contributed by atoms with Crippen molar-refractivity contribution in [2.24, 2.45) is 0 Å². The number of hydrogen-bond acceptors (Lipinski definition) is 5. The molecule has 1 amide bonds. The topological polar surface area (TPSA) is 105 Å². The van der Waals surface area contributed by atoms with Gasteiger partial charge in [-0.15, -0.1) is 0 Å². The van der Waals surface area contributed by atoms with Crippen LogP contribution in [0, 0.1) is 0 Å². The second-order valence-corrected chi connectivity index (χ2v) is 17.2. The summed E-state index contributed by atoms with van der Waals surface area (Å²) >= 11 is 0. The fourth-order valence-corrected chi connectivity index (χ4v) is 6.73. The highest BCUT2D eigenvalue weighted by atomic mass is 31.2. The molecule has 51 heavy (non-hydrogen) atoms. The fraction of sp³-hybridized carbons (Fsp3) is 0.881. The molecule has 0 aliphatic heterocycles. The van der Waals surface area contributed by atoms with Gasteiger partial charge in [0.2, 0.25) is 5.91 Å². The first-order chi connectivity index (χ1) is 24.5. The lowest BCUT2D eigenvalue weighted by Crippen LogP contribution is -2.45. The second-order valence-electron chi connectivity index (χ2n) is 15.7. The van der Waals surface area contributed by atoms with E-state index in [0.717, 1.165) is 38.5 Å². The first kappa shape index (κ1) is 50.0. The number of aliphatic hydroxyl groups is 1. The monoisotopic (exact) mass is 744 g/mol. The molecule has 0 aromatic rings. The number of aliphatic hydroxyl groups excluding tert-OH is 1. The van der Waals surface area contributed by atoms with Gasteiger partial charge >= 0.3 is 7.82 Å². The molecule has 0 heterocycles. The van der Waals surface area contributed by atoms with Crippen molar-refractivity contribution in [3.63, 3.8) is 0 Å². The number of likely N-dealkylation sites (N-methyl/N-ethyl adjacent to an activating group) is 1. The second kappa shape index (κ2) is 34.7. The smallest absolute Gasteiger partial charge is 0.387 e. The average Bonchev–Trinajstić information content (AvgIpc) is 3.07. The number of allylic oxidation sites excluding steroid dienone is 3. The van der Waals surface area contributed by atoms with E-state index in [1.165, 1.54) is 128 Å². The van der Waals surface area contributed by atoms with Crippen molar-refractivity contribution in [1.29, 1.82) is 0 Å². The van der Waals surface area contributed by atoms with Crippen LogP contribution in [0.25, 0.3) is 0 Å². The molecule has 0 aromatic heterocycles. The van der Waals surface area contributed by atoms with E-state index in [9.17, 15) is 19.4 Å². The van der Waals surface area contributed by atoms with Crippen LogP contribution in [0.3, 0.4) is 0 Å². The molecule has 0 rings (SSSR count). The molecule has 302 valence electrons. The van der Waals surface area contributed by atoms with Gasteiger partial charge in [-0.05, 0) is 32.1 Å². The lowest BCUT2D eigenvalue weighted by Gasteiger charge is -2.25. The first-order valence-electron chi connectivity index (χ1n) is 21.2. The van der Waals surface area contributed by atoms with Crippen molar-refractivity contribution < 1.29 is 32.9 Å². The maximum absolute atomic E-state index is 12.8. The van der Waals surface area contributed by atoms with E-state index >= 15 is 0 Å². The molecule has 3 atom stereocenters. The molecule has 9 heteroatoms. The lowest BCUT2D eigenvalue weighted by molar-refractivity contribution is -0.870. The number of unbranched alkanes of at least 4 members (excludes halogenated alkanes) is 23. The van der Waals surface area contributed by atoms with E-state index in [-0.39, 0.29) is 19.1 Å². The van der Waals surface area contributed by atoms with Crippen LogP contribution < -0.4 is 5.32 Å². The number of rotatable bonds is 38. The Morgan fingerprint density at radius 2 is 1.08 bits per heavy atom. The number of phosphoric acid groups is 1. The molecule has 0 aromatic carbocycles. The Kier molecular flexibility index (Phi) is 34.0. The number of nitrogens with zero attached hydrogens (tertiary/aromatic N) is 1. The van der Waals surface area contributed by atoms with Crippen LogP contribution in [0.1, 0.15) is 187 Å². The van der Waals surface area contributed by atoms with Gasteiger partial charge in [0.05, 0.1) is 39.9 Å². The van der Waals surface area contributed by atoms with Gasteiger partial charge in [-0.3, -0.25) is 13.8 Å². The molecule has 0 saturated heterocycles. The van der Waals surface area contributed by atoms with Crippen molar-refractivity contribution in [2.45, 2.75) is 199 Å². The molecule has 0 aliphatic rings. The molecule has 0 spiro atoms. The van der Waals surface area contributed by atoms with Crippen molar-refractivity contribution >= 4 is 13.7 Å². The standard InChI is InChI=1S/C42H83N2O6P/c1-6-8-10-12-14-16-18-20-22-24-26-28-30-32-34-36-42(46)43-40(39-50-51(47,48)49-38-37-44(3,4)5)41(45)35-33-31-29-27-25-23-21-19-17-15-13-11-9-7-2/h25,27,33,35,40-41,45H,6-24,26,28-32,34,36-39H2,1-5H3,(H-,43,46,47,48)/p+1/b27-25+,35-33+. The molecule has 3 unspecified atom stereocenters. The van der Waals surface area contributed by atoms with Gasteiger partial charge in [0.15, 0.2) is 0 Å². The molecule has 0 bridgehead atoms. The van der Waals surface area contributed by atoms with E-state index in [4.69, 9.17) is 9.05 Å². The predicted molar refractivity (Wildman–Crippen MR) is 217 cm³/mol. The zero-order chi connectivity index (χ0) is 37.9. The van der Waals surface area contributed by atoms with Gasteiger partial charge in [0.25, 0.3) is 0 Å². The van der Waals surface area contributed by atoms with Crippen LogP contribution in [0.2, 0.25) is 0 Å². The Bertz CT molecular complexity index is 891. The van der Waals surface area contributed by atoms with Crippen LogP contribution in [-0.4, -0.2) is 73.4 Å². The Hall–Kier alpha value is -1.02. The Morgan fingerprint density at radius 3 is 1.57 bits per heavy atom. The number of quaternary nitrogens is 1. The van der Waals surface area contributed by atoms with Gasteiger partial charge in [-0.2, -0.15) is 0 Å².